The van der Waals surface area contributed by atoms with E-state index in [0.29, 0.717) is 18.8 Å². The van der Waals surface area contributed by atoms with Crippen molar-refractivity contribution in [2.45, 2.75) is 13.8 Å². The molecule has 0 N–H and O–H groups in total. The monoisotopic (exact) mass is 231 g/mol. The molecule has 3 nitrogen and oxygen atoms in total. The van der Waals surface area contributed by atoms with E-state index in [9.17, 15) is 4.39 Å². The molecule has 1 atom stereocenters. The van der Waals surface area contributed by atoms with Gasteiger partial charge in [0.25, 0.3) is 0 Å². The number of nitrogens with zero attached hydrogens (tertiary/aromatic N) is 3. The van der Waals surface area contributed by atoms with E-state index in [-0.39, 0.29) is 11.5 Å². The number of rotatable bonds is 4. The maximum atomic E-state index is 13.5. The van der Waals surface area contributed by atoms with Gasteiger partial charge < -0.3 is 4.90 Å². The molecule has 0 bridgehead atoms. The van der Waals surface area contributed by atoms with Crippen LogP contribution in [0.15, 0.2) is 18.2 Å². The minimum Gasteiger partial charge on any atom is -0.370 e. The van der Waals surface area contributed by atoms with Gasteiger partial charge in [0.1, 0.15) is 11.9 Å². The average Bonchev–Trinajstić information content (AvgIpc) is 2.35. The molecule has 0 aliphatic carbocycles. The molecule has 1 aromatic rings. The Kier molecular flexibility index (Phi) is 4.48. The predicted octanol–water partition coefficient (Wildman–Crippen LogP) is 2.68. The molecule has 88 valence electrons. The maximum Gasteiger partial charge on any atom is 0.143 e. The Hall–Kier alpha value is -2.07. The molecule has 0 radical (unpaired) electrons. The lowest BCUT2D eigenvalue weighted by Gasteiger charge is -2.24. The van der Waals surface area contributed by atoms with E-state index in [1.807, 2.05) is 18.7 Å². The van der Waals surface area contributed by atoms with Crippen LogP contribution in [0.2, 0.25) is 0 Å². The van der Waals surface area contributed by atoms with Crippen molar-refractivity contribution < 1.29 is 4.39 Å². The summed E-state index contributed by atoms with van der Waals surface area (Å²) in [4.78, 5) is 1.91. The molecule has 0 fully saturated rings. The molecule has 0 aliphatic rings. The number of benzene rings is 1. The van der Waals surface area contributed by atoms with Crippen molar-refractivity contribution in [1.82, 2.24) is 0 Å². The van der Waals surface area contributed by atoms with Crippen LogP contribution in [0.1, 0.15) is 19.4 Å². The van der Waals surface area contributed by atoms with Gasteiger partial charge in [0.05, 0.1) is 17.6 Å². The topological polar surface area (TPSA) is 50.8 Å². The quantitative estimate of drug-likeness (QED) is 0.800. The van der Waals surface area contributed by atoms with Gasteiger partial charge in [0.15, 0.2) is 0 Å². The van der Waals surface area contributed by atoms with Crippen LogP contribution in [0.4, 0.5) is 10.1 Å². The minimum absolute atomic E-state index is 0.0399. The van der Waals surface area contributed by atoms with E-state index in [1.165, 1.54) is 12.1 Å². The highest BCUT2D eigenvalue weighted by atomic mass is 19.1. The van der Waals surface area contributed by atoms with E-state index in [2.05, 4.69) is 6.07 Å². The van der Waals surface area contributed by atoms with E-state index < -0.39 is 5.82 Å². The molecule has 17 heavy (non-hydrogen) atoms. The summed E-state index contributed by atoms with van der Waals surface area (Å²) in [5.41, 5.74) is 0.740. The highest BCUT2D eigenvalue weighted by Gasteiger charge is 2.11. The lowest BCUT2D eigenvalue weighted by molar-refractivity contribution is 0.620. The fourth-order valence-electron chi connectivity index (χ4n) is 1.58. The van der Waals surface area contributed by atoms with Gasteiger partial charge in [-0.05, 0) is 32.0 Å². The Balaban J connectivity index is 2.94. The third-order valence-electron chi connectivity index (χ3n) is 2.53. The Bertz CT molecular complexity index is 471. The molecule has 0 aliphatic heterocycles. The summed E-state index contributed by atoms with van der Waals surface area (Å²) >= 11 is 0. The summed E-state index contributed by atoms with van der Waals surface area (Å²) in [6.07, 6.45) is 0. The van der Waals surface area contributed by atoms with Gasteiger partial charge in [-0.2, -0.15) is 10.5 Å². The first-order chi connectivity index (χ1) is 8.12. The summed E-state index contributed by atoms with van der Waals surface area (Å²) in [6.45, 7) is 5.01. The van der Waals surface area contributed by atoms with Crippen molar-refractivity contribution in [1.29, 1.82) is 10.5 Å². The zero-order valence-electron chi connectivity index (χ0n) is 9.94. The van der Waals surface area contributed by atoms with Gasteiger partial charge in [-0.25, -0.2) is 4.39 Å². The predicted molar refractivity (Wildman–Crippen MR) is 63.8 cm³/mol. The van der Waals surface area contributed by atoms with Crippen LogP contribution in [0.5, 0.6) is 0 Å². The summed E-state index contributed by atoms with van der Waals surface area (Å²) in [5.74, 6) is -0.637. The standard InChI is InChI=1S/C13H14FN3/c1-3-17(9-10(2)7-15)12-5-4-11(8-16)13(14)6-12/h4-6,10H,3,9H2,1-2H3. The van der Waals surface area contributed by atoms with Crippen LogP contribution in [0, 0.1) is 34.4 Å². The number of anilines is 1. The van der Waals surface area contributed by atoms with E-state index in [1.54, 1.807) is 12.1 Å². The van der Waals surface area contributed by atoms with Crippen molar-refractivity contribution in [3.63, 3.8) is 0 Å². The van der Waals surface area contributed by atoms with Crippen molar-refractivity contribution in [2.24, 2.45) is 5.92 Å². The SMILES string of the molecule is CCN(CC(C)C#N)c1ccc(C#N)c(F)c1. The molecular formula is C13H14FN3. The molecule has 0 saturated carbocycles. The van der Waals surface area contributed by atoms with E-state index >= 15 is 0 Å². The molecule has 0 aromatic heterocycles. The van der Waals surface area contributed by atoms with Crippen LogP contribution < -0.4 is 4.90 Å². The van der Waals surface area contributed by atoms with Crippen LogP contribution in [-0.2, 0) is 0 Å². The fraction of sp³-hybridized carbons (Fsp3) is 0.385. The summed E-state index contributed by atoms with van der Waals surface area (Å²) < 4.78 is 13.5. The fourth-order valence-corrected chi connectivity index (χ4v) is 1.58. The van der Waals surface area contributed by atoms with Gasteiger partial charge >= 0.3 is 0 Å². The van der Waals surface area contributed by atoms with Gasteiger partial charge in [-0.1, -0.05) is 0 Å². The van der Waals surface area contributed by atoms with Gasteiger partial charge in [-0.3, -0.25) is 0 Å². The Morgan fingerprint density at radius 1 is 1.41 bits per heavy atom. The molecule has 0 saturated heterocycles. The van der Waals surface area contributed by atoms with Crippen molar-refractivity contribution in [3.05, 3.63) is 29.6 Å². The van der Waals surface area contributed by atoms with Crippen molar-refractivity contribution in [3.8, 4) is 12.1 Å². The number of hydrogen-bond acceptors (Lipinski definition) is 3. The summed E-state index contributed by atoms with van der Waals surface area (Å²) in [5, 5.41) is 17.4. The number of nitriles is 2. The molecule has 0 amide bonds. The third kappa shape index (κ3) is 3.19. The Morgan fingerprint density at radius 3 is 2.59 bits per heavy atom. The van der Waals surface area contributed by atoms with Crippen LogP contribution in [-0.4, -0.2) is 13.1 Å². The molecule has 1 unspecified atom stereocenters. The number of hydrogen-bond donors (Lipinski definition) is 0. The average molecular weight is 231 g/mol. The van der Waals surface area contributed by atoms with Gasteiger partial charge in [0.2, 0.25) is 0 Å². The third-order valence-corrected chi connectivity index (χ3v) is 2.53. The highest BCUT2D eigenvalue weighted by Crippen LogP contribution is 2.19. The molecule has 1 aromatic carbocycles. The van der Waals surface area contributed by atoms with Crippen LogP contribution >= 0.6 is 0 Å². The first-order valence-electron chi connectivity index (χ1n) is 5.46. The lowest BCUT2D eigenvalue weighted by atomic mass is 10.1. The summed E-state index contributed by atoms with van der Waals surface area (Å²) in [6, 6.07) is 8.44. The smallest absolute Gasteiger partial charge is 0.143 e. The molecule has 0 heterocycles. The Morgan fingerprint density at radius 2 is 2.12 bits per heavy atom. The molecule has 1 rings (SSSR count). The summed E-state index contributed by atoms with van der Waals surface area (Å²) in [7, 11) is 0. The van der Waals surface area contributed by atoms with Crippen molar-refractivity contribution in [2.75, 3.05) is 18.0 Å². The van der Waals surface area contributed by atoms with Crippen LogP contribution in [0.25, 0.3) is 0 Å². The van der Waals surface area contributed by atoms with Gasteiger partial charge in [0, 0.05) is 18.8 Å². The highest BCUT2D eigenvalue weighted by molar-refractivity contribution is 5.50. The maximum absolute atomic E-state index is 13.5. The van der Waals surface area contributed by atoms with Crippen LogP contribution in [0.3, 0.4) is 0 Å². The number of halogens is 1. The first kappa shape index (κ1) is 13.0. The second-order valence-corrected chi connectivity index (χ2v) is 3.84. The van der Waals surface area contributed by atoms with Gasteiger partial charge in [-0.15, -0.1) is 0 Å². The second kappa shape index (κ2) is 5.86. The zero-order valence-corrected chi connectivity index (χ0v) is 9.94. The van der Waals surface area contributed by atoms with E-state index in [4.69, 9.17) is 10.5 Å². The van der Waals surface area contributed by atoms with Crippen molar-refractivity contribution >= 4 is 5.69 Å². The first-order valence-corrected chi connectivity index (χ1v) is 5.46. The molecule has 0 spiro atoms. The van der Waals surface area contributed by atoms with E-state index in [0.717, 1.165) is 0 Å². The zero-order chi connectivity index (χ0) is 12.8. The lowest BCUT2D eigenvalue weighted by Crippen LogP contribution is -2.27. The second-order valence-electron chi connectivity index (χ2n) is 3.84. The largest absolute Gasteiger partial charge is 0.370 e. The molecular weight excluding hydrogens is 217 g/mol. The Labute approximate surface area is 101 Å². The molecule has 4 heteroatoms. The normalized spacial score (nSPS) is 11.4. The minimum atomic E-state index is -0.520.